The highest BCUT2D eigenvalue weighted by atomic mass is 16.3. The van der Waals surface area contributed by atoms with Crippen LogP contribution in [-0.4, -0.2) is 34.9 Å². The summed E-state index contributed by atoms with van der Waals surface area (Å²) in [5.74, 6) is -0.0534. The first-order chi connectivity index (χ1) is 26.2. The lowest BCUT2D eigenvalue weighted by Crippen LogP contribution is -2.45. The van der Waals surface area contributed by atoms with Crippen molar-refractivity contribution in [1.82, 2.24) is 5.32 Å². The minimum Gasteiger partial charge on any atom is -0.394 e. The Morgan fingerprint density at radius 2 is 0.830 bits per heavy atom. The van der Waals surface area contributed by atoms with Crippen LogP contribution in [0.4, 0.5) is 0 Å². The van der Waals surface area contributed by atoms with Crippen LogP contribution in [0.5, 0.6) is 0 Å². The van der Waals surface area contributed by atoms with Gasteiger partial charge in [-0.25, -0.2) is 0 Å². The molecule has 0 aromatic rings. The summed E-state index contributed by atoms with van der Waals surface area (Å²) in [6, 6.07) is -0.542. The maximum atomic E-state index is 12.2. The van der Waals surface area contributed by atoms with Crippen LogP contribution in [0.3, 0.4) is 0 Å². The zero-order valence-electron chi connectivity index (χ0n) is 34.2. The zero-order chi connectivity index (χ0) is 38.6. The minimum absolute atomic E-state index is 0.0534. The van der Waals surface area contributed by atoms with Crippen molar-refractivity contribution in [3.8, 4) is 0 Å². The molecule has 0 spiro atoms. The first-order valence-electron chi connectivity index (χ1n) is 21.6. The van der Waals surface area contributed by atoms with Crippen LogP contribution in [0.2, 0.25) is 0 Å². The summed E-state index contributed by atoms with van der Waals surface area (Å²) >= 11 is 0. The maximum absolute atomic E-state index is 12.2. The maximum Gasteiger partial charge on any atom is 0.220 e. The van der Waals surface area contributed by atoms with Gasteiger partial charge in [-0.05, 0) is 83.5 Å². The lowest BCUT2D eigenvalue weighted by atomic mass is 10.0. The van der Waals surface area contributed by atoms with Gasteiger partial charge in [0.1, 0.15) is 0 Å². The molecule has 0 bridgehead atoms. The minimum atomic E-state index is -0.664. The molecule has 53 heavy (non-hydrogen) atoms. The van der Waals surface area contributed by atoms with Crippen molar-refractivity contribution >= 4 is 5.91 Å². The Hall–Kier alpha value is -2.95. The van der Waals surface area contributed by atoms with Crippen molar-refractivity contribution in [2.24, 2.45) is 0 Å². The smallest absolute Gasteiger partial charge is 0.220 e. The molecule has 300 valence electrons. The molecule has 0 aliphatic carbocycles. The largest absolute Gasteiger partial charge is 0.394 e. The highest BCUT2D eigenvalue weighted by molar-refractivity contribution is 5.76. The van der Waals surface area contributed by atoms with E-state index in [1.165, 1.54) is 51.4 Å². The van der Waals surface area contributed by atoms with E-state index in [-0.39, 0.29) is 12.5 Å². The van der Waals surface area contributed by atoms with E-state index >= 15 is 0 Å². The number of aliphatic hydroxyl groups excluding tert-OH is 2. The standard InChI is InChI=1S/C49H81NO3/c1-3-5-7-9-10-11-12-13-14-15-16-17-18-19-20-21-22-23-24-25-26-27-28-29-30-31-32-33-34-35-36-37-38-39-40-41-43-45-49(53)50-47(46-51)48(52)44-42-8-6-4-2/h5,7,10-11,13-14,16-17,19-20,22-23,25-26,28-29,31-32,47-48,51-52H,3-4,6,8-9,12,15,18,21,24,27,30,33-46H2,1-2H3,(H,50,53)/b7-5-,11-10-,14-13-,17-16-,20-19-,23-22-,26-25-,29-28-,32-31-. The van der Waals surface area contributed by atoms with Crippen LogP contribution in [0, 0.1) is 0 Å². The molecule has 0 fully saturated rings. The number of hydrogen-bond acceptors (Lipinski definition) is 3. The third-order valence-electron chi connectivity index (χ3n) is 9.05. The number of aliphatic hydroxyl groups is 2. The number of carbonyl (C=O) groups excluding carboxylic acids is 1. The summed E-state index contributed by atoms with van der Waals surface area (Å²) in [6.07, 6.45) is 66.4. The van der Waals surface area contributed by atoms with E-state index in [4.69, 9.17) is 0 Å². The molecule has 2 atom stereocenters. The number of nitrogens with one attached hydrogen (secondary N) is 1. The number of allylic oxidation sites excluding steroid dienone is 18. The molecule has 0 saturated heterocycles. The molecule has 1 amide bonds. The molecule has 0 saturated carbocycles. The van der Waals surface area contributed by atoms with Crippen molar-refractivity contribution in [3.05, 3.63) is 109 Å². The molecule has 0 aromatic carbocycles. The van der Waals surface area contributed by atoms with Gasteiger partial charge in [0.2, 0.25) is 5.91 Å². The second-order valence-corrected chi connectivity index (χ2v) is 14.0. The number of amides is 1. The van der Waals surface area contributed by atoms with Crippen molar-refractivity contribution in [3.63, 3.8) is 0 Å². The molecule has 0 aliphatic heterocycles. The summed E-state index contributed by atoms with van der Waals surface area (Å²) in [5, 5.41) is 22.7. The lowest BCUT2D eigenvalue weighted by Gasteiger charge is -2.22. The van der Waals surface area contributed by atoms with E-state index in [9.17, 15) is 15.0 Å². The van der Waals surface area contributed by atoms with E-state index in [2.05, 4.69) is 129 Å². The van der Waals surface area contributed by atoms with E-state index in [0.29, 0.717) is 12.8 Å². The van der Waals surface area contributed by atoms with Crippen LogP contribution in [0.1, 0.15) is 174 Å². The van der Waals surface area contributed by atoms with Crippen LogP contribution in [0.15, 0.2) is 109 Å². The van der Waals surface area contributed by atoms with Gasteiger partial charge in [0.15, 0.2) is 0 Å². The van der Waals surface area contributed by atoms with E-state index in [1.807, 2.05) is 0 Å². The number of hydrogen-bond donors (Lipinski definition) is 3. The Kier molecular flexibility index (Phi) is 41.0. The predicted molar refractivity (Wildman–Crippen MR) is 234 cm³/mol. The average Bonchev–Trinajstić information content (AvgIpc) is 3.16. The van der Waals surface area contributed by atoms with Crippen molar-refractivity contribution in [1.29, 1.82) is 0 Å². The second-order valence-electron chi connectivity index (χ2n) is 14.0. The van der Waals surface area contributed by atoms with Gasteiger partial charge < -0.3 is 15.5 Å². The van der Waals surface area contributed by atoms with E-state index in [1.54, 1.807) is 0 Å². The summed E-state index contributed by atoms with van der Waals surface area (Å²) in [7, 11) is 0. The molecule has 0 rings (SSSR count). The fourth-order valence-corrected chi connectivity index (χ4v) is 5.76. The van der Waals surface area contributed by atoms with Gasteiger partial charge in [-0.2, -0.15) is 0 Å². The Morgan fingerprint density at radius 1 is 0.472 bits per heavy atom. The highest BCUT2D eigenvalue weighted by Crippen LogP contribution is 2.13. The van der Waals surface area contributed by atoms with Gasteiger partial charge in [0.25, 0.3) is 0 Å². The number of rotatable bonds is 37. The predicted octanol–water partition coefficient (Wildman–Crippen LogP) is 13.6. The Balaban J connectivity index is 3.57. The second kappa shape index (κ2) is 43.5. The topological polar surface area (TPSA) is 69.6 Å². The summed E-state index contributed by atoms with van der Waals surface area (Å²) in [5.41, 5.74) is 0. The monoisotopic (exact) mass is 732 g/mol. The fourth-order valence-electron chi connectivity index (χ4n) is 5.76. The molecule has 3 N–H and O–H groups in total. The van der Waals surface area contributed by atoms with Gasteiger partial charge in [0.05, 0.1) is 18.8 Å². The fraction of sp³-hybridized carbons (Fsp3) is 0.612. The van der Waals surface area contributed by atoms with Gasteiger partial charge in [0, 0.05) is 6.42 Å². The normalized spacial score (nSPS) is 14.1. The quantitative estimate of drug-likeness (QED) is 0.0440. The SMILES string of the molecule is CC/C=C\C/C=C\C/C=C\C/C=C\C/C=C\C/C=C\C/C=C\C/C=C\C/C=C\CCCCCCCCCCCC(=O)NC(CO)C(O)CCCCCC. The summed E-state index contributed by atoms with van der Waals surface area (Å²) in [6.45, 7) is 4.11. The molecule has 0 aliphatic rings. The van der Waals surface area contributed by atoms with Crippen molar-refractivity contribution < 1.29 is 15.0 Å². The third-order valence-corrected chi connectivity index (χ3v) is 9.05. The number of unbranched alkanes of at least 4 members (excludes halogenated alkanes) is 12. The zero-order valence-corrected chi connectivity index (χ0v) is 34.2. The highest BCUT2D eigenvalue weighted by Gasteiger charge is 2.19. The Labute approximate surface area is 327 Å². The van der Waals surface area contributed by atoms with Gasteiger partial charge >= 0.3 is 0 Å². The van der Waals surface area contributed by atoms with Crippen LogP contribution in [-0.2, 0) is 4.79 Å². The van der Waals surface area contributed by atoms with Crippen LogP contribution >= 0.6 is 0 Å². The molecule has 4 nitrogen and oxygen atoms in total. The molecular formula is C49H81NO3. The van der Waals surface area contributed by atoms with Gasteiger partial charge in [-0.3, -0.25) is 4.79 Å². The molecular weight excluding hydrogens is 651 g/mol. The van der Waals surface area contributed by atoms with Crippen molar-refractivity contribution in [2.75, 3.05) is 6.61 Å². The Bertz CT molecular complexity index is 1060. The molecule has 4 heteroatoms. The van der Waals surface area contributed by atoms with Crippen LogP contribution < -0.4 is 5.32 Å². The molecule has 0 heterocycles. The summed E-state index contributed by atoms with van der Waals surface area (Å²) in [4.78, 5) is 12.2. The summed E-state index contributed by atoms with van der Waals surface area (Å²) < 4.78 is 0. The van der Waals surface area contributed by atoms with Gasteiger partial charge in [-0.15, -0.1) is 0 Å². The lowest BCUT2D eigenvalue weighted by molar-refractivity contribution is -0.123. The average molecular weight is 732 g/mol. The Morgan fingerprint density at radius 3 is 1.23 bits per heavy atom. The van der Waals surface area contributed by atoms with Crippen molar-refractivity contribution in [2.45, 2.75) is 187 Å². The van der Waals surface area contributed by atoms with Crippen LogP contribution in [0.25, 0.3) is 0 Å². The molecule has 0 radical (unpaired) electrons. The van der Waals surface area contributed by atoms with E-state index < -0.39 is 12.1 Å². The molecule has 0 aromatic heterocycles. The first kappa shape index (κ1) is 50.1. The third kappa shape index (κ3) is 40.1. The number of carbonyl (C=O) groups is 1. The van der Waals surface area contributed by atoms with Gasteiger partial charge in [-0.1, -0.05) is 194 Å². The molecule has 2 unspecified atom stereocenters. The van der Waals surface area contributed by atoms with E-state index in [0.717, 1.165) is 96.3 Å². The first-order valence-corrected chi connectivity index (χ1v) is 21.6.